The van der Waals surface area contributed by atoms with Crippen molar-refractivity contribution in [2.45, 2.75) is 18.7 Å². The van der Waals surface area contributed by atoms with Crippen molar-refractivity contribution in [3.8, 4) is 0 Å². The largest absolute Gasteiger partial charge is 0.465 e. The van der Waals surface area contributed by atoms with Crippen molar-refractivity contribution in [2.75, 3.05) is 17.1 Å². The minimum atomic E-state index is -3.91. The Morgan fingerprint density at radius 1 is 1.04 bits per heavy atom. The quantitative estimate of drug-likeness (QED) is 0.796. The maximum absolute atomic E-state index is 12.6. The van der Waals surface area contributed by atoms with Crippen LogP contribution in [0.2, 0.25) is 0 Å². The van der Waals surface area contributed by atoms with E-state index in [4.69, 9.17) is 0 Å². The summed E-state index contributed by atoms with van der Waals surface area (Å²) in [5, 5.41) is 2.57. The molecule has 0 unspecified atom stereocenters. The third-order valence-electron chi connectivity index (χ3n) is 3.36. The molecule has 0 fully saturated rings. The highest BCUT2D eigenvalue weighted by Gasteiger charge is 2.18. The number of esters is 1. The number of rotatable bonds is 5. The molecule has 8 heteroatoms. The summed E-state index contributed by atoms with van der Waals surface area (Å²) in [5.74, 6) is -0.872. The van der Waals surface area contributed by atoms with Crippen LogP contribution in [0.1, 0.15) is 22.8 Å². The molecule has 0 bridgehead atoms. The Balaban J connectivity index is 2.34. The van der Waals surface area contributed by atoms with Crippen LogP contribution in [-0.2, 0) is 19.6 Å². The Hall–Kier alpha value is -2.87. The van der Waals surface area contributed by atoms with Gasteiger partial charge in [0.1, 0.15) is 0 Å². The molecule has 0 radical (unpaired) electrons. The van der Waals surface area contributed by atoms with Crippen molar-refractivity contribution in [1.29, 1.82) is 0 Å². The third kappa shape index (κ3) is 4.57. The number of carbonyl (C=O) groups is 2. The van der Waals surface area contributed by atoms with Crippen LogP contribution in [0.25, 0.3) is 0 Å². The van der Waals surface area contributed by atoms with E-state index >= 15 is 0 Å². The van der Waals surface area contributed by atoms with Crippen LogP contribution >= 0.6 is 0 Å². The summed E-state index contributed by atoms with van der Waals surface area (Å²) in [5.41, 5.74) is 1.54. The number of hydrogen-bond donors (Lipinski definition) is 2. The zero-order valence-electron chi connectivity index (χ0n) is 14.0. The summed E-state index contributed by atoms with van der Waals surface area (Å²) in [6.07, 6.45) is 0. The van der Waals surface area contributed by atoms with E-state index in [1.54, 1.807) is 25.1 Å². The lowest BCUT2D eigenvalue weighted by atomic mass is 10.1. The molecule has 7 nitrogen and oxygen atoms in total. The minimum Gasteiger partial charge on any atom is -0.465 e. The maximum Gasteiger partial charge on any atom is 0.338 e. The van der Waals surface area contributed by atoms with E-state index < -0.39 is 16.0 Å². The molecular weight excluding hydrogens is 344 g/mol. The molecule has 2 N–H and O–H groups in total. The maximum atomic E-state index is 12.6. The first-order chi connectivity index (χ1) is 11.7. The first-order valence-corrected chi connectivity index (χ1v) is 8.80. The van der Waals surface area contributed by atoms with E-state index in [9.17, 15) is 18.0 Å². The molecule has 0 heterocycles. The van der Waals surface area contributed by atoms with E-state index in [0.717, 1.165) is 0 Å². The molecule has 132 valence electrons. The average Bonchev–Trinajstić information content (AvgIpc) is 2.53. The Morgan fingerprint density at radius 3 is 2.36 bits per heavy atom. The van der Waals surface area contributed by atoms with Gasteiger partial charge in [-0.15, -0.1) is 0 Å². The van der Waals surface area contributed by atoms with Crippen molar-refractivity contribution in [3.63, 3.8) is 0 Å². The predicted molar refractivity (Wildman–Crippen MR) is 94.1 cm³/mol. The molecule has 25 heavy (non-hydrogen) atoms. The third-order valence-corrected chi connectivity index (χ3v) is 4.74. The number of methoxy groups -OCH3 is 1. The topological polar surface area (TPSA) is 102 Å². The summed E-state index contributed by atoms with van der Waals surface area (Å²) in [6.45, 7) is 3.05. The molecule has 2 rings (SSSR count). The molecule has 2 aromatic carbocycles. The van der Waals surface area contributed by atoms with Crippen LogP contribution in [0.15, 0.2) is 47.4 Å². The van der Waals surface area contributed by atoms with E-state index in [0.29, 0.717) is 11.3 Å². The standard InChI is InChI=1S/C17H18N2O5S/c1-11-7-8-15(10-16(11)17(21)24-3)25(22,23)19-14-6-4-5-13(9-14)18-12(2)20/h4-10,19H,1-3H3,(H,18,20). The Morgan fingerprint density at radius 2 is 1.72 bits per heavy atom. The minimum absolute atomic E-state index is 0.0663. The number of nitrogens with one attached hydrogen (secondary N) is 2. The molecule has 0 spiro atoms. The van der Waals surface area contributed by atoms with Gasteiger partial charge < -0.3 is 10.1 Å². The van der Waals surface area contributed by atoms with Crippen LogP contribution < -0.4 is 10.0 Å². The van der Waals surface area contributed by atoms with Crippen molar-refractivity contribution < 1.29 is 22.7 Å². The summed E-state index contributed by atoms with van der Waals surface area (Å²) < 4.78 is 32.2. The SMILES string of the molecule is COC(=O)c1cc(S(=O)(=O)Nc2cccc(NC(C)=O)c2)ccc1C. The van der Waals surface area contributed by atoms with Gasteiger partial charge in [0, 0.05) is 12.6 Å². The predicted octanol–water partition coefficient (Wildman–Crippen LogP) is 2.54. The van der Waals surface area contributed by atoms with Gasteiger partial charge in [0.25, 0.3) is 10.0 Å². The van der Waals surface area contributed by atoms with Crippen molar-refractivity contribution in [2.24, 2.45) is 0 Å². The van der Waals surface area contributed by atoms with E-state index in [1.165, 1.54) is 38.3 Å². The molecular formula is C17H18N2O5S. The van der Waals surface area contributed by atoms with Crippen molar-refractivity contribution in [1.82, 2.24) is 0 Å². The van der Waals surface area contributed by atoms with E-state index in [1.807, 2.05) is 0 Å². The summed E-state index contributed by atoms with van der Waals surface area (Å²) in [6, 6.07) is 10.5. The Labute approximate surface area is 146 Å². The second kappa shape index (κ2) is 7.35. The molecule has 0 saturated carbocycles. The van der Waals surface area contributed by atoms with Crippen LogP contribution in [0.4, 0.5) is 11.4 Å². The summed E-state index contributed by atoms with van der Waals surface area (Å²) in [7, 11) is -2.68. The smallest absolute Gasteiger partial charge is 0.338 e. The van der Waals surface area contributed by atoms with Gasteiger partial charge in [-0.2, -0.15) is 0 Å². The lowest BCUT2D eigenvalue weighted by Gasteiger charge is -2.11. The van der Waals surface area contributed by atoms with Crippen molar-refractivity contribution in [3.05, 3.63) is 53.6 Å². The average molecular weight is 362 g/mol. The van der Waals surface area contributed by atoms with Gasteiger partial charge in [-0.25, -0.2) is 13.2 Å². The Kier molecular flexibility index (Phi) is 5.43. The number of sulfonamides is 1. The van der Waals surface area contributed by atoms with Gasteiger partial charge in [-0.1, -0.05) is 12.1 Å². The highest BCUT2D eigenvalue weighted by Crippen LogP contribution is 2.21. The molecule has 0 aromatic heterocycles. The second-order valence-electron chi connectivity index (χ2n) is 5.34. The first kappa shape index (κ1) is 18.5. The molecule has 2 aromatic rings. The molecule has 0 aliphatic rings. The lowest BCUT2D eigenvalue weighted by molar-refractivity contribution is -0.114. The fourth-order valence-electron chi connectivity index (χ4n) is 2.18. The van der Waals surface area contributed by atoms with Gasteiger partial charge in [-0.05, 0) is 42.8 Å². The van der Waals surface area contributed by atoms with E-state index in [2.05, 4.69) is 14.8 Å². The fraction of sp³-hybridized carbons (Fsp3) is 0.176. The normalized spacial score (nSPS) is 10.8. The lowest BCUT2D eigenvalue weighted by Crippen LogP contribution is -2.15. The van der Waals surface area contributed by atoms with E-state index in [-0.39, 0.29) is 22.1 Å². The highest BCUT2D eigenvalue weighted by atomic mass is 32.2. The second-order valence-corrected chi connectivity index (χ2v) is 7.02. The van der Waals surface area contributed by atoms with Gasteiger partial charge in [0.15, 0.2) is 0 Å². The van der Waals surface area contributed by atoms with Crippen molar-refractivity contribution >= 4 is 33.3 Å². The summed E-state index contributed by atoms with van der Waals surface area (Å²) in [4.78, 5) is 22.8. The van der Waals surface area contributed by atoms with Gasteiger partial charge >= 0.3 is 5.97 Å². The number of aryl methyl sites for hydroxylation is 1. The fourth-order valence-corrected chi connectivity index (χ4v) is 3.25. The van der Waals surface area contributed by atoms with Gasteiger partial charge in [0.2, 0.25) is 5.91 Å². The van der Waals surface area contributed by atoms with Gasteiger partial charge in [0.05, 0.1) is 23.3 Å². The zero-order valence-corrected chi connectivity index (χ0v) is 14.8. The molecule has 0 atom stereocenters. The van der Waals surface area contributed by atoms with Crippen LogP contribution in [0.3, 0.4) is 0 Å². The first-order valence-electron chi connectivity index (χ1n) is 7.32. The number of amides is 1. The van der Waals surface area contributed by atoms with Crippen LogP contribution in [0.5, 0.6) is 0 Å². The summed E-state index contributed by atoms with van der Waals surface area (Å²) >= 11 is 0. The molecule has 1 amide bonds. The number of anilines is 2. The monoisotopic (exact) mass is 362 g/mol. The molecule has 0 aliphatic carbocycles. The molecule has 0 aliphatic heterocycles. The Bertz CT molecular complexity index is 922. The molecule has 0 saturated heterocycles. The zero-order chi connectivity index (χ0) is 18.6. The highest BCUT2D eigenvalue weighted by molar-refractivity contribution is 7.92. The number of ether oxygens (including phenoxy) is 1. The number of hydrogen-bond acceptors (Lipinski definition) is 5. The number of benzene rings is 2. The van der Waals surface area contributed by atoms with Crippen LogP contribution in [0, 0.1) is 6.92 Å². The van der Waals surface area contributed by atoms with Crippen LogP contribution in [-0.4, -0.2) is 27.4 Å². The van der Waals surface area contributed by atoms with Gasteiger partial charge in [-0.3, -0.25) is 9.52 Å². The number of carbonyl (C=O) groups excluding carboxylic acids is 2.